The van der Waals surface area contributed by atoms with Crippen LogP contribution in [0, 0.1) is 6.92 Å². The SMILES string of the molecule is Cc1ccncc1C(CO)NC1CCCCCC1. The van der Waals surface area contributed by atoms with Crippen LogP contribution in [0.25, 0.3) is 0 Å². The van der Waals surface area contributed by atoms with E-state index in [2.05, 4.69) is 17.2 Å². The summed E-state index contributed by atoms with van der Waals surface area (Å²) in [6.07, 6.45) is 11.5. The number of aliphatic hydroxyl groups excluding tert-OH is 1. The van der Waals surface area contributed by atoms with Gasteiger partial charge in [0.25, 0.3) is 0 Å². The second kappa shape index (κ2) is 6.86. The Morgan fingerprint density at radius 2 is 2.06 bits per heavy atom. The van der Waals surface area contributed by atoms with Crippen LogP contribution in [0.15, 0.2) is 18.5 Å². The van der Waals surface area contributed by atoms with E-state index in [1.54, 1.807) is 6.20 Å². The highest BCUT2D eigenvalue weighted by Crippen LogP contribution is 2.22. The molecule has 1 heterocycles. The lowest BCUT2D eigenvalue weighted by Crippen LogP contribution is -2.34. The zero-order chi connectivity index (χ0) is 12.8. The van der Waals surface area contributed by atoms with Crippen LogP contribution in [-0.2, 0) is 0 Å². The first kappa shape index (κ1) is 13.5. The van der Waals surface area contributed by atoms with Gasteiger partial charge < -0.3 is 10.4 Å². The zero-order valence-electron chi connectivity index (χ0n) is 11.2. The number of nitrogens with zero attached hydrogens (tertiary/aromatic N) is 1. The molecular formula is C15H24N2O. The summed E-state index contributed by atoms with van der Waals surface area (Å²) in [7, 11) is 0. The zero-order valence-corrected chi connectivity index (χ0v) is 11.2. The van der Waals surface area contributed by atoms with Crippen molar-refractivity contribution in [2.24, 2.45) is 0 Å². The molecule has 0 bridgehead atoms. The van der Waals surface area contributed by atoms with Crippen LogP contribution >= 0.6 is 0 Å². The molecule has 1 aromatic heterocycles. The number of nitrogens with one attached hydrogen (secondary N) is 1. The summed E-state index contributed by atoms with van der Waals surface area (Å²) in [5.41, 5.74) is 2.33. The third-order valence-corrected chi connectivity index (χ3v) is 3.93. The highest BCUT2D eigenvalue weighted by molar-refractivity contribution is 5.25. The van der Waals surface area contributed by atoms with Gasteiger partial charge in [0.15, 0.2) is 0 Å². The van der Waals surface area contributed by atoms with Gasteiger partial charge in [-0.2, -0.15) is 0 Å². The number of pyridine rings is 1. The molecule has 1 fully saturated rings. The molecule has 2 N–H and O–H groups in total. The van der Waals surface area contributed by atoms with Gasteiger partial charge >= 0.3 is 0 Å². The topological polar surface area (TPSA) is 45.2 Å². The van der Waals surface area contributed by atoms with Crippen LogP contribution < -0.4 is 5.32 Å². The first-order chi connectivity index (χ1) is 8.81. The van der Waals surface area contributed by atoms with E-state index >= 15 is 0 Å². The molecule has 1 aromatic rings. The molecule has 0 saturated heterocycles. The Bertz CT molecular complexity index is 359. The fourth-order valence-corrected chi connectivity index (χ4v) is 2.81. The average Bonchev–Trinajstić information content (AvgIpc) is 2.65. The van der Waals surface area contributed by atoms with Gasteiger partial charge in [-0.15, -0.1) is 0 Å². The van der Waals surface area contributed by atoms with E-state index < -0.39 is 0 Å². The molecule has 1 atom stereocenters. The monoisotopic (exact) mass is 248 g/mol. The van der Waals surface area contributed by atoms with Gasteiger partial charge in [0, 0.05) is 18.4 Å². The molecule has 3 heteroatoms. The first-order valence-corrected chi connectivity index (χ1v) is 7.08. The molecule has 18 heavy (non-hydrogen) atoms. The molecule has 1 saturated carbocycles. The van der Waals surface area contributed by atoms with Gasteiger partial charge in [-0.05, 0) is 37.0 Å². The second-order valence-corrected chi connectivity index (χ2v) is 5.32. The third-order valence-electron chi connectivity index (χ3n) is 3.93. The highest BCUT2D eigenvalue weighted by atomic mass is 16.3. The summed E-state index contributed by atoms with van der Waals surface area (Å²) in [5, 5.41) is 13.2. The van der Waals surface area contributed by atoms with Crippen LogP contribution in [-0.4, -0.2) is 22.7 Å². The fourth-order valence-electron chi connectivity index (χ4n) is 2.81. The Hall–Kier alpha value is -0.930. The molecule has 1 aliphatic rings. The van der Waals surface area contributed by atoms with Gasteiger partial charge in [0.1, 0.15) is 0 Å². The van der Waals surface area contributed by atoms with Gasteiger partial charge in [-0.3, -0.25) is 4.98 Å². The molecule has 0 amide bonds. The maximum absolute atomic E-state index is 9.61. The smallest absolute Gasteiger partial charge is 0.0627 e. The van der Waals surface area contributed by atoms with Crippen molar-refractivity contribution < 1.29 is 5.11 Å². The lowest BCUT2D eigenvalue weighted by atomic mass is 10.0. The number of aliphatic hydroxyl groups is 1. The summed E-state index contributed by atoms with van der Waals surface area (Å²) in [6, 6.07) is 2.58. The quantitative estimate of drug-likeness (QED) is 0.805. The van der Waals surface area contributed by atoms with Gasteiger partial charge in [0.2, 0.25) is 0 Å². The molecule has 0 aliphatic heterocycles. The van der Waals surface area contributed by atoms with Crippen molar-refractivity contribution in [2.75, 3.05) is 6.61 Å². The molecule has 1 aliphatic carbocycles. The largest absolute Gasteiger partial charge is 0.394 e. The van der Waals surface area contributed by atoms with E-state index in [0.29, 0.717) is 6.04 Å². The van der Waals surface area contributed by atoms with Crippen LogP contribution in [0.5, 0.6) is 0 Å². The Morgan fingerprint density at radius 3 is 2.67 bits per heavy atom. The van der Waals surface area contributed by atoms with Crippen molar-refractivity contribution in [3.8, 4) is 0 Å². The molecular weight excluding hydrogens is 224 g/mol. The second-order valence-electron chi connectivity index (χ2n) is 5.32. The van der Waals surface area contributed by atoms with Crippen LogP contribution in [0.3, 0.4) is 0 Å². The van der Waals surface area contributed by atoms with Gasteiger partial charge in [0.05, 0.1) is 12.6 Å². The normalized spacial score (nSPS) is 19.4. The minimum atomic E-state index is 0.0294. The van der Waals surface area contributed by atoms with Gasteiger partial charge in [-0.25, -0.2) is 0 Å². The Kier molecular flexibility index (Phi) is 5.14. The molecule has 1 unspecified atom stereocenters. The molecule has 100 valence electrons. The van der Waals surface area contributed by atoms with Crippen LogP contribution in [0.4, 0.5) is 0 Å². The van der Waals surface area contributed by atoms with Crippen molar-refractivity contribution >= 4 is 0 Å². The van der Waals surface area contributed by atoms with Crippen molar-refractivity contribution in [3.05, 3.63) is 29.6 Å². The van der Waals surface area contributed by atoms with E-state index in [1.165, 1.54) is 44.1 Å². The maximum atomic E-state index is 9.61. The number of rotatable bonds is 4. The van der Waals surface area contributed by atoms with Crippen molar-refractivity contribution in [3.63, 3.8) is 0 Å². The standard InChI is InChI=1S/C15H24N2O/c1-12-8-9-16-10-14(12)15(11-18)17-13-6-4-2-3-5-7-13/h8-10,13,15,17-18H,2-7,11H2,1H3. The molecule has 0 aromatic carbocycles. The Morgan fingerprint density at radius 1 is 1.33 bits per heavy atom. The average molecular weight is 248 g/mol. The predicted octanol–water partition coefficient (Wildman–Crippen LogP) is 2.74. The predicted molar refractivity (Wildman–Crippen MR) is 73.4 cm³/mol. The molecule has 3 nitrogen and oxygen atoms in total. The number of aryl methyl sites for hydroxylation is 1. The Labute approximate surface area is 110 Å². The minimum absolute atomic E-state index is 0.0294. The van der Waals surface area contributed by atoms with E-state index in [0.717, 1.165) is 5.56 Å². The van der Waals surface area contributed by atoms with E-state index in [4.69, 9.17) is 0 Å². The number of hydrogen-bond acceptors (Lipinski definition) is 3. The van der Waals surface area contributed by atoms with Crippen molar-refractivity contribution in [1.29, 1.82) is 0 Å². The summed E-state index contributed by atoms with van der Waals surface area (Å²) in [4.78, 5) is 4.17. The van der Waals surface area contributed by atoms with Crippen molar-refractivity contribution in [2.45, 2.75) is 57.5 Å². The molecule has 2 rings (SSSR count). The molecule has 0 spiro atoms. The van der Waals surface area contributed by atoms with Crippen LogP contribution in [0.1, 0.15) is 55.7 Å². The fraction of sp³-hybridized carbons (Fsp3) is 0.667. The minimum Gasteiger partial charge on any atom is -0.394 e. The molecule has 0 radical (unpaired) electrons. The summed E-state index contributed by atoms with van der Waals surface area (Å²) >= 11 is 0. The lowest BCUT2D eigenvalue weighted by molar-refractivity contribution is 0.227. The van der Waals surface area contributed by atoms with Crippen molar-refractivity contribution in [1.82, 2.24) is 10.3 Å². The summed E-state index contributed by atoms with van der Waals surface area (Å²) < 4.78 is 0. The lowest BCUT2D eigenvalue weighted by Gasteiger charge is -2.24. The van der Waals surface area contributed by atoms with E-state index in [1.807, 2.05) is 12.3 Å². The van der Waals surface area contributed by atoms with Crippen LogP contribution in [0.2, 0.25) is 0 Å². The first-order valence-electron chi connectivity index (χ1n) is 7.08. The van der Waals surface area contributed by atoms with E-state index in [-0.39, 0.29) is 12.6 Å². The number of aromatic nitrogens is 1. The number of hydrogen-bond donors (Lipinski definition) is 2. The van der Waals surface area contributed by atoms with E-state index in [9.17, 15) is 5.11 Å². The summed E-state index contributed by atoms with van der Waals surface area (Å²) in [5.74, 6) is 0. The highest BCUT2D eigenvalue weighted by Gasteiger charge is 2.19. The maximum Gasteiger partial charge on any atom is 0.0627 e. The third kappa shape index (κ3) is 3.53. The Balaban J connectivity index is 2.02. The summed E-state index contributed by atoms with van der Waals surface area (Å²) in [6.45, 7) is 2.22. The van der Waals surface area contributed by atoms with Gasteiger partial charge in [-0.1, -0.05) is 25.7 Å².